The van der Waals surface area contributed by atoms with Gasteiger partial charge in [-0.3, -0.25) is 9.69 Å². The second kappa shape index (κ2) is 17.9. The molecule has 2 atom stereocenters. The van der Waals surface area contributed by atoms with Crippen LogP contribution in [-0.2, 0) is 34.6 Å². The Morgan fingerprint density at radius 3 is 2.09 bits per heavy atom. The van der Waals surface area contributed by atoms with E-state index < -0.39 is 71.5 Å². The van der Waals surface area contributed by atoms with Crippen molar-refractivity contribution in [2.24, 2.45) is 0 Å². The number of amides is 1. The minimum Gasteiger partial charge on any atom is -0.490 e. The number of benzene rings is 2. The average molecular weight is 790 g/mol. The highest BCUT2D eigenvalue weighted by Crippen LogP contribution is 2.46. The monoisotopic (exact) mass is 789 g/mol. The summed E-state index contributed by atoms with van der Waals surface area (Å²) in [5.41, 5.74) is -5.06. The highest BCUT2D eigenvalue weighted by Gasteiger charge is 2.42. The lowest BCUT2D eigenvalue weighted by Gasteiger charge is -2.44. The maximum Gasteiger partial charge on any atom is 0.416 e. The maximum absolute atomic E-state index is 14.2. The predicted octanol–water partition coefficient (Wildman–Crippen LogP) is 9.73. The van der Waals surface area contributed by atoms with Gasteiger partial charge in [-0.15, -0.1) is 0 Å². The second-order valence-corrected chi connectivity index (χ2v) is 12.6. The van der Waals surface area contributed by atoms with E-state index in [1.54, 1.807) is 6.92 Å². The smallest absolute Gasteiger partial charge is 0.416 e. The lowest BCUT2D eigenvalue weighted by molar-refractivity contribution is -0.143. The zero-order chi connectivity index (χ0) is 40.6. The number of hydrogen-bond acceptors (Lipinski definition) is 8. The summed E-state index contributed by atoms with van der Waals surface area (Å²) >= 11 is 0. The van der Waals surface area contributed by atoms with Crippen LogP contribution in [0.3, 0.4) is 0 Å². The van der Waals surface area contributed by atoms with Crippen molar-refractivity contribution in [3.63, 3.8) is 0 Å². The van der Waals surface area contributed by atoms with Crippen molar-refractivity contribution in [3.8, 4) is 11.8 Å². The molecule has 0 aliphatic carbocycles. The molecule has 0 radical (unpaired) electrons. The normalized spacial score (nSPS) is 15.9. The molecule has 1 aromatic heterocycles. The van der Waals surface area contributed by atoms with Crippen molar-refractivity contribution in [2.45, 2.75) is 95.4 Å². The third kappa shape index (κ3) is 11.4. The standard InChI is InChI=1S/C36H36F9N5O5/c1-2-26-18-30(28-17-23(34(37,38)39)9-10-29(28)50(26)33(53)55-13-6-3-4-8-31(51)52)49(32-47-19-27(20-48-32)54-12-7-5-11-46)21-22-14-24(35(40,41)42)16-25(15-22)36(43,44)45/h9-10,14-17,19-20,26,30H,2-8,12-13,18,21H2,1H3,(H,51,52)/t26-,30+/m1/s1. The number of hydrogen-bond donors (Lipinski definition) is 1. The molecule has 1 aliphatic rings. The van der Waals surface area contributed by atoms with Gasteiger partial charge in [0, 0.05) is 25.4 Å². The van der Waals surface area contributed by atoms with E-state index in [1.165, 1.54) is 17.3 Å². The van der Waals surface area contributed by atoms with Crippen LogP contribution in [0.5, 0.6) is 5.75 Å². The number of halogens is 9. The Bertz CT molecular complexity index is 1800. The van der Waals surface area contributed by atoms with Crippen LogP contribution in [0.15, 0.2) is 48.8 Å². The van der Waals surface area contributed by atoms with Gasteiger partial charge in [-0.1, -0.05) is 6.92 Å². The fourth-order valence-electron chi connectivity index (χ4n) is 6.08. The molecule has 55 heavy (non-hydrogen) atoms. The van der Waals surface area contributed by atoms with Gasteiger partial charge in [0.15, 0.2) is 5.75 Å². The van der Waals surface area contributed by atoms with Crippen molar-refractivity contribution in [1.29, 1.82) is 5.26 Å². The SMILES string of the molecule is CC[C@@H]1C[C@H](N(Cc2cc(C(F)(F)F)cc(C(F)(F)F)c2)c2ncc(OCCCC#N)cn2)c2cc(C(F)(F)F)ccc2N1C(=O)OCCCCCC(=O)O. The topological polar surface area (TPSA) is 129 Å². The van der Waals surface area contributed by atoms with Gasteiger partial charge in [-0.2, -0.15) is 44.8 Å². The predicted molar refractivity (Wildman–Crippen MR) is 178 cm³/mol. The first-order valence-corrected chi connectivity index (χ1v) is 17.1. The Morgan fingerprint density at radius 1 is 0.891 bits per heavy atom. The quantitative estimate of drug-likeness (QED) is 0.118. The van der Waals surface area contributed by atoms with Crippen LogP contribution >= 0.6 is 0 Å². The summed E-state index contributed by atoms with van der Waals surface area (Å²) in [6.07, 6.45) is -12.4. The van der Waals surface area contributed by atoms with Gasteiger partial charge in [0.1, 0.15) is 0 Å². The van der Waals surface area contributed by atoms with Crippen molar-refractivity contribution in [1.82, 2.24) is 9.97 Å². The number of nitriles is 1. The Morgan fingerprint density at radius 2 is 1.53 bits per heavy atom. The van der Waals surface area contributed by atoms with Crippen LogP contribution in [0.4, 0.5) is 55.9 Å². The van der Waals surface area contributed by atoms with Gasteiger partial charge in [0.05, 0.1) is 60.1 Å². The van der Waals surface area contributed by atoms with Crippen molar-refractivity contribution >= 4 is 23.7 Å². The number of carboxylic acids is 1. The molecule has 0 saturated heterocycles. The largest absolute Gasteiger partial charge is 0.490 e. The first-order chi connectivity index (χ1) is 25.8. The van der Waals surface area contributed by atoms with Crippen LogP contribution in [0.1, 0.15) is 92.1 Å². The number of aliphatic carboxylic acids is 1. The summed E-state index contributed by atoms with van der Waals surface area (Å²) in [5, 5.41) is 17.6. The first-order valence-electron chi connectivity index (χ1n) is 17.1. The van der Waals surface area contributed by atoms with Crippen LogP contribution in [-0.4, -0.2) is 46.4 Å². The number of carboxylic acid groups (broad SMARTS) is 1. The van der Waals surface area contributed by atoms with Crippen molar-refractivity contribution in [3.05, 3.63) is 76.6 Å². The molecule has 10 nitrogen and oxygen atoms in total. The van der Waals surface area contributed by atoms with E-state index >= 15 is 0 Å². The van der Waals surface area contributed by atoms with Gasteiger partial charge < -0.3 is 19.5 Å². The number of fused-ring (bicyclic) bond motifs is 1. The lowest BCUT2D eigenvalue weighted by atomic mass is 9.87. The lowest BCUT2D eigenvalue weighted by Crippen LogP contribution is -2.48. The molecule has 0 unspecified atom stereocenters. The van der Waals surface area contributed by atoms with E-state index in [4.69, 9.17) is 19.8 Å². The van der Waals surface area contributed by atoms with E-state index in [-0.39, 0.29) is 67.9 Å². The number of unbranched alkanes of at least 4 members (excludes halogenated alkanes) is 3. The molecule has 1 aliphatic heterocycles. The molecule has 298 valence electrons. The molecule has 0 saturated carbocycles. The van der Waals surface area contributed by atoms with E-state index in [2.05, 4.69) is 9.97 Å². The summed E-state index contributed by atoms with van der Waals surface area (Å²) in [5.74, 6) is -1.17. The fraction of sp³-hybridized carbons (Fsp3) is 0.472. The van der Waals surface area contributed by atoms with Crippen LogP contribution in [0, 0.1) is 11.3 Å². The molecule has 2 heterocycles. The van der Waals surface area contributed by atoms with Gasteiger partial charge in [-0.05, 0) is 86.1 Å². The highest BCUT2D eigenvalue weighted by molar-refractivity contribution is 5.90. The molecule has 0 fully saturated rings. The van der Waals surface area contributed by atoms with E-state index in [0.717, 1.165) is 23.1 Å². The number of aromatic nitrogens is 2. The van der Waals surface area contributed by atoms with Gasteiger partial charge in [0.25, 0.3) is 0 Å². The summed E-state index contributed by atoms with van der Waals surface area (Å²) in [6, 6.07) is 3.40. The number of ether oxygens (including phenoxy) is 2. The fourth-order valence-corrected chi connectivity index (χ4v) is 6.08. The molecular weight excluding hydrogens is 753 g/mol. The molecule has 3 aromatic rings. The summed E-state index contributed by atoms with van der Waals surface area (Å²) in [7, 11) is 0. The van der Waals surface area contributed by atoms with Gasteiger partial charge in [-0.25, -0.2) is 14.8 Å². The highest BCUT2D eigenvalue weighted by atomic mass is 19.4. The second-order valence-electron chi connectivity index (χ2n) is 12.6. The number of carbonyl (C=O) groups excluding carboxylic acids is 1. The van der Waals surface area contributed by atoms with Crippen LogP contribution in [0.2, 0.25) is 0 Å². The summed E-state index contributed by atoms with van der Waals surface area (Å²) in [4.78, 5) is 35.1. The molecule has 1 amide bonds. The third-order valence-corrected chi connectivity index (χ3v) is 8.71. The zero-order valence-electron chi connectivity index (χ0n) is 29.3. The Kier molecular flexibility index (Phi) is 13.8. The van der Waals surface area contributed by atoms with Crippen molar-refractivity contribution in [2.75, 3.05) is 23.0 Å². The van der Waals surface area contributed by atoms with Gasteiger partial charge >= 0.3 is 30.6 Å². The van der Waals surface area contributed by atoms with Gasteiger partial charge in [0.2, 0.25) is 5.95 Å². The molecule has 0 spiro atoms. The first kappa shape index (κ1) is 42.5. The van der Waals surface area contributed by atoms with E-state index in [0.29, 0.717) is 37.8 Å². The molecular formula is C36H36F9N5O5. The number of rotatable bonds is 15. The Hall–Kier alpha value is -5.28. The number of nitrogens with zero attached hydrogens (tertiary/aromatic N) is 5. The zero-order valence-corrected chi connectivity index (χ0v) is 29.3. The average Bonchev–Trinajstić information content (AvgIpc) is 3.11. The Labute approximate surface area is 309 Å². The number of anilines is 2. The Balaban J connectivity index is 1.83. The van der Waals surface area contributed by atoms with Crippen molar-refractivity contribution < 1.29 is 63.7 Å². The molecule has 1 N–H and O–H groups in total. The van der Waals surface area contributed by atoms with E-state index in [1.807, 2.05) is 6.07 Å². The number of alkyl halides is 9. The van der Waals surface area contributed by atoms with Crippen LogP contribution in [0.25, 0.3) is 0 Å². The summed E-state index contributed by atoms with van der Waals surface area (Å²) < 4.78 is 137. The molecule has 19 heteroatoms. The maximum atomic E-state index is 14.2. The molecule has 4 rings (SSSR count). The minimum atomic E-state index is -5.19. The van der Waals surface area contributed by atoms with E-state index in [9.17, 15) is 49.1 Å². The van der Waals surface area contributed by atoms with Crippen LogP contribution < -0.4 is 14.5 Å². The third-order valence-electron chi connectivity index (χ3n) is 8.71. The summed E-state index contributed by atoms with van der Waals surface area (Å²) in [6.45, 7) is 0.886. The molecule has 0 bridgehead atoms. The minimum absolute atomic E-state index is 0.0446. The molecule has 2 aromatic carbocycles. The number of carbonyl (C=O) groups is 2.